The summed E-state index contributed by atoms with van der Waals surface area (Å²) >= 11 is 0. The van der Waals surface area contributed by atoms with E-state index in [1.54, 1.807) is 0 Å². The number of hydrogen-bond donors (Lipinski definition) is 0. The summed E-state index contributed by atoms with van der Waals surface area (Å²) in [4.78, 5) is 30.1. The van der Waals surface area contributed by atoms with Crippen molar-refractivity contribution >= 4 is 110 Å². The van der Waals surface area contributed by atoms with Crippen LogP contribution in [0.2, 0.25) is 0 Å². The maximum absolute atomic E-state index is 7.01. The van der Waals surface area contributed by atoms with Crippen molar-refractivity contribution in [3.05, 3.63) is 428 Å². The largest absolute Gasteiger partial charge is 0.456 e. The number of furan rings is 4. The lowest BCUT2D eigenvalue weighted by Gasteiger charge is -2.48. The van der Waals surface area contributed by atoms with E-state index in [2.05, 4.69) is 361 Å². The normalized spacial score (nSPS) is 14.8. The average molecular weight is 1850 g/mol. The summed E-state index contributed by atoms with van der Waals surface area (Å²) in [5, 5.41) is 11.4. The number of aromatic nitrogens is 7. The van der Waals surface area contributed by atoms with Crippen LogP contribution in [0, 0.1) is 0 Å². The number of hydrogen-bond acceptors (Lipinski definition) is 10. The van der Waals surface area contributed by atoms with Gasteiger partial charge >= 0.3 is 0 Å². The fourth-order valence-corrected chi connectivity index (χ4v) is 23.4. The van der Waals surface area contributed by atoms with Crippen LogP contribution in [0.3, 0.4) is 0 Å². The molecule has 28 rings (SSSR count). The molecule has 11 nitrogen and oxygen atoms in total. The lowest BCUT2D eigenvalue weighted by Crippen LogP contribution is -2.43. The molecule has 18 aromatic carbocycles. The molecule has 0 fully saturated rings. The Kier molecular flexibility index (Phi) is 19.5. The van der Waals surface area contributed by atoms with Crippen LogP contribution in [0.1, 0.15) is 116 Å². The van der Waals surface area contributed by atoms with Crippen LogP contribution in [-0.4, -0.2) is 34.5 Å². The molecule has 0 saturated carbocycles. The van der Waals surface area contributed by atoms with E-state index in [-0.39, 0.29) is 32.5 Å². The number of para-hydroxylation sites is 4. The summed E-state index contributed by atoms with van der Waals surface area (Å²) in [6.45, 7) is 28.4. The highest BCUT2D eigenvalue weighted by atomic mass is 16.3. The Hall–Kier alpha value is -17.0. The van der Waals surface area contributed by atoms with Gasteiger partial charge in [0, 0.05) is 115 Å². The van der Waals surface area contributed by atoms with Crippen molar-refractivity contribution < 1.29 is 17.7 Å². The molecule has 0 radical (unpaired) electrons. The first kappa shape index (κ1) is 86.3. The van der Waals surface area contributed by atoms with E-state index >= 15 is 0 Å². The number of benzene rings is 18. The second-order valence-corrected chi connectivity index (χ2v) is 41.9. The first-order chi connectivity index (χ1) is 69.4. The topological polar surface area (TPSA) is 135 Å². The molecule has 11 heteroatoms. The van der Waals surface area contributed by atoms with Gasteiger partial charge in [0.1, 0.15) is 44.7 Å². The van der Waals surface area contributed by atoms with E-state index in [1.165, 1.54) is 110 Å². The monoisotopic (exact) mass is 1850 g/mol. The molecule has 0 amide bonds. The van der Waals surface area contributed by atoms with Crippen LogP contribution in [0.25, 0.3) is 239 Å². The Labute approximate surface area is 829 Å². The lowest BCUT2D eigenvalue weighted by atomic mass is 9.55. The van der Waals surface area contributed by atoms with Gasteiger partial charge in [-0.2, -0.15) is 0 Å². The molecule has 3 aliphatic carbocycles. The molecule has 0 saturated heterocycles. The standard InChI is InChI=1S/C45H33N3O2.C45H35N3O.C42H33NO/c1-44(2)34-18-10-8-15-28(34)29-22-23-30-33-25-27(21-24-36(33)50-40(30)39(29)45(44,3)4)42-46-41(26-13-6-5-7-14-26)47-43(48-42)32-17-12-20-37-38(32)31-16-9-11-19-35(31)49-37;1-44(2)36-24-12-11-21-35(36)38-37(45(44,3)4)26-25-34-33-23-14-22-32(39(33)49-40(34)38)30-19-13-20-31(27-30)43-47-41(28-15-7-5-8-16-28)46-42(48-43)29-17-9-6-10-18-29;1-41(2)33-14-8-5-13-31(33)39-34(42(41,3)4)22-24-38-40(39)32-25-27(19-23-37(32)44-38)26-17-20-28(21-18-26)43-35-15-9-6-11-29(35)30-12-7-10-16-36(30)43/h5-25H,1-4H3;5-27H,1-4H3;5-25H,1-4H3. The molecule has 688 valence electrons. The van der Waals surface area contributed by atoms with Gasteiger partial charge in [-0.25, -0.2) is 29.9 Å². The van der Waals surface area contributed by atoms with E-state index in [4.69, 9.17) is 47.6 Å². The predicted molar refractivity (Wildman–Crippen MR) is 587 cm³/mol. The first-order valence-corrected chi connectivity index (χ1v) is 49.5. The maximum Gasteiger partial charge on any atom is 0.164 e. The van der Waals surface area contributed by atoms with E-state index in [0.717, 1.165) is 127 Å². The maximum atomic E-state index is 7.01. The molecular formula is C132H101N7O4. The van der Waals surface area contributed by atoms with E-state index in [1.807, 2.05) is 121 Å². The second-order valence-electron chi connectivity index (χ2n) is 41.9. The van der Waals surface area contributed by atoms with Gasteiger partial charge in [-0.15, -0.1) is 0 Å². The molecule has 143 heavy (non-hydrogen) atoms. The van der Waals surface area contributed by atoms with Crippen LogP contribution in [0.5, 0.6) is 0 Å². The highest BCUT2D eigenvalue weighted by molar-refractivity contribution is 6.18. The zero-order valence-electron chi connectivity index (χ0n) is 81.8. The molecule has 0 atom stereocenters. The zero-order chi connectivity index (χ0) is 96.9. The van der Waals surface area contributed by atoms with Crippen molar-refractivity contribution in [3.63, 3.8) is 0 Å². The summed E-state index contributed by atoms with van der Waals surface area (Å²) in [6, 6.07) is 139. The van der Waals surface area contributed by atoms with Crippen molar-refractivity contribution in [1.82, 2.24) is 34.5 Å². The van der Waals surface area contributed by atoms with Crippen molar-refractivity contribution in [2.75, 3.05) is 0 Å². The molecule has 25 aromatic rings. The molecular weight excluding hydrogens is 1750 g/mol. The van der Waals surface area contributed by atoms with Gasteiger partial charge in [0.05, 0.1) is 11.0 Å². The minimum atomic E-state index is -0.182. The quantitative estimate of drug-likeness (QED) is 0.137. The zero-order valence-corrected chi connectivity index (χ0v) is 81.8. The third-order valence-electron chi connectivity index (χ3n) is 33.0. The third-order valence-corrected chi connectivity index (χ3v) is 33.0. The summed E-state index contributed by atoms with van der Waals surface area (Å²) in [5.41, 5.74) is 36.0. The fourth-order valence-electron chi connectivity index (χ4n) is 23.4. The van der Waals surface area contributed by atoms with Crippen LogP contribution < -0.4 is 0 Å². The van der Waals surface area contributed by atoms with Crippen molar-refractivity contribution in [3.8, 4) is 130 Å². The average Bonchev–Trinajstić information content (AvgIpc) is 1.67. The summed E-state index contributed by atoms with van der Waals surface area (Å²) in [6.07, 6.45) is 0. The Bertz CT molecular complexity index is 9420. The second kappa shape index (κ2) is 32.3. The van der Waals surface area contributed by atoms with E-state index in [0.29, 0.717) is 34.9 Å². The van der Waals surface area contributed by atoms with E-state index < -0.39 is 0 Å². The smallest absolute Gasteiger partial charge is 0.164 e. The highest BCUT2D eigenvalue weighted by Crippen LogP contribution is 2.61. The van der Waals surface area contributed by atoms with E-state index in [9.17, 15) is 0 Å². The first-order valence-electron chi connectivity index (χ1n) is 49.5. The summed E-state index contributed by atoms with van der Waals surface area (Å²) in [5.74, 6) is 3.73. The minimum absolute atomic E-state index is 0.00686. The minimum Gasteiger partial charge on any atom is -0.456 e. The molecule has 0 unspecified atom stereocenters. The fraction of sp³-hybridized carbons (Fsp3) is 0.136. The predicted octanol–water partition coefficient (Wildman–Crippen LogP) is 35.2. The van der Waals surface area contributed by atoms with Gasteiger partial charge in [-0.1, -0.05) is 392 Å². The SMILES string of the molecule is CC1(C)c2ccccc2-c2c(ccc3c2oc2c(-c4cccc(-c5nc(-c6ccccc6)nc(-c6ccccc6)n5)c4)cccc23)C1(C)C.CC1(C)c2ccccc2-c2c(ccc3oc4ccc(-c5ccc(-n6c7ccccc7c7ccccc76)cc5)cc4c23)C1(C)C.CC1(C)c2ccccc2-c2ccc3c(oc4ccc(-c5nc(-c6ccccc6)nc(-c6cccc7oc8ccccc8c67)n5)cc43)c2C1(C)C. The molecule has 0 N–H and O–H groups in total. The van der Waals surface area contributed by atoms with Crippen LogP contribution in [0.15, 0.2) is 412 Å². The Morgan fingerprint density at radius 2 is 0.573 bits per heavy atom. The number of nitrogens with zero attached hydrogens (tertiary/aromatic N) is 7. The van der Waals surface area contributed by atoms with Gasteiger partial charge in [0.25, 0.3) is 0 Å². The van der Waals surface area contributed by atoms with Gasteiger partial charge in [0.2, 0.25) is 0 Å². The Morgan fingerprint density at radius 3 is 1.20 bits per heavy atom. The van der Waals surface area contributed by atoms with Gasteiger partial charge in [-0.3, -0.25) is 0 Å². The van der Waals surface area contributed by atoms with Gasteiger partial charge in [-0.05, 0) is 184 Å². The van der Waals surface area contributed by atoms with Gasteiger partial charge < -0.3 is 22.2 Å². The highest BCUT2D eigenvalue weighted by Gasteiger charge is 2.50. The van der Waals surface area contributed by atoms with Crippen LogP contribution >= 0.6 is 0 Å². The summed E-state index contributed by atoms with van der Waals surface area (Å²) < 4.78 is 28.9. The molecule has 7 aromatic heterocycles. The van der Waals surface area contributed by atoms with Crippen molar-refractivity contribution in [1.29, 1.82) is 0 Å². The number of fused-ring (bicyclic) bond motifs is 27. The number of rotatable bonds is 9. The molecule has 0 spiro atoms. The lowest BCUT2D eigenvalue weighted by molar-refractivity contribution is 0.299. The van der Waals surface area contributed by atoms with Crippen molar-refractivity contribution in [2.24, 2.45) is 0 Å². The Morgan fingerprint density at radius 1 is 0.189 bits per heavy atom. The van der Waals surface area contributed by atoms with Gasteiger partial charge in [0.15, 0.2) is 34.9 Å². The Balaban J connectivity index is 0.000000110. The molecule has 0 bridgehead atoms. The third kappa shape index (κ3) is 13.3. The van der Waals surface area contributed by atoms with Crippen LogP contribution in [-0.2, 0) is 32.5 Å². The molecule has 0 aliphatic heterocycles. The molecule has 7 heterocycles. The van der Waals surface area contributed by atoms with Crippen LogP contribution in [0.4, 0.5) is 0 Å². The summed E-state index contributed by atoms with van der Waals surface area (Å²) in [7, 11) is 0. The molecule has 3 aliphatic rings. The van der Waals surface area contributed by atoms with Crippen molar-refractivity contribution in [2.45, 2.75) is 116 Å².